The first kappa shape index (κ1) is 101. The summed E-state index contributed by atoms with van der Waals surface area (Å²) in [4.78, 5) is 132. The van der Waals surface area contributed by atoms with Gasteiger partial charge in [0.05, 0.1) is 17.3 Å². The van der Waals surface area contributed by atoms with Gasteiger partial charge in [-0.15, -0.1) is 11.6 Å². The van der Waals surface area contributed by atoms with Crippen molar-refractivity contribution in [1.82, 2.24) is 87.5 Å². The Kier molecular flexibility index (Phi) is 32.9. The zero-order valence-corrected chi connectivity index (χ0v) is 81.6. The van der Waals surface area contributed by atoms with Crippen LogP contribution in [0.15, 0.2) is 177 Å². The molecule has 0 saturated carbocycles. The fourth-order valence-corrected chi connectivity index (χ4v) is 14.8. The first-order chi connectivity index (χ1) is 62.5. The average molecular weight is 1830 g/mol. The highest BCUT2D eigenvalue weighted by Crippen LogP contribution is 2.32. The van der Waals surface area contributed by atoms with Crippen molar-refractivity contribution in [2.45, 2.75) is 224 Å². The highest BCUT2D eigenvalue weighted by atomic mass is 35.5. The SMILES string of the molecule is CC(=O)C(Cc1cn(C(=O)OC(C)(C)C)c2ncccc12)C(C)=O.CC(C)(C)OC(=O)n1cc(CCl)c2cccnc21.CN(C)Cc1c[nH]c2ncccc12.CN(C)Cc1cn(C(=O)OC(C)(C)C)c2ncccc12.Cc1n[nH]c(C)c1Cc1cn(C(=O)OC(C)(C)C)c2ncccc12.Cc1nn(C(=O)CCc2ccccc2)c(C)c1Cc1cn(C(=O)OC(C)(C)C)c2ncccc12. The molecule has 15 aromatic rings. The second-order valence-electron chi connectivity index (χ2n) is 37.9. The first-order valence-electron chi connectivity index (χ1n) is 43.8. The van der Waals surface area contributed by atoms with Crippen molar-refractivity contribution in [3.63, 3.8) is 0 Å². The van der Waals surface area contributed by atoms with E-state index in [2.05, 4.69) is 80.1 Å². The monoisotopic (exact) mass is 1830 g/mol. The Balaban J connectivity index is 0.000000169. The van der Waals surface area contributed by atoms with Gasteiger partial charge in [-0.3, -0.25) is 19.5 Å². The molecule has 133 heavy (non-hydrogen) atoms. The molecular formula is C101H123ClN18O13. The van der Waals surface area contributed by atoms with Crippen LogP contribution in [0, 0.1) is 33.6 Å². The minimum absolute atomic E-state index is 0.0337. The third kappa shape index (κ3) is 27.3. The van der Waals surface area contributed by atoms with Crippen LogP contribution in [-0.4, -0.2) is 192 Å². The summed E-state index contributed by atoms with van der Waals surface area (Å²) in [5.74, 6) is -0.802. The number of carbonyl (C=O) groups is 8. The number of nitrogens with one attached hydrogen (secondary N) is 2. The van der Waals surface area contributed by atoms with Gasteiger partial charge in [-0.25, -0.2) is 81.4 Å². The van der Waals surface area contributed by atoms with E-state index in [0.29, 0.717) is 59.8 Å². The van der Waals surface area contributed by atoms with Crippen molar-refractivity contribution < 1.29 is 62.0 Å². The summed E-state index contributed by atoms with van der Waals surface area (Å²) < 4.78 is 35.9. The number of ketones is 2. The van der Waals surface area contributed by atoms with Crippen molar-refractivity contribution >= 4 is 126 Å². The summed E-state index contributed by atoms with van der Waals surface area (Å²) >= 11 is 5.86. The number of hydrogen-bond donors (Lipinski definition) is 2. The number of benzene rings is 1. The zero-order valence-electron chi connectivity index (χ0n) is 80.8. The molecule has 31 nitrogen and oxygen atoms in total. The van der Waals surface area contributed by atoms with Gasteiger partial charge in [0.15, 0.2) is 0 Å². The maximum atomic E-state index is 12.9. The molecule has 0 aliphatic carbocycles. The lowest BCUT2D eigenvalue weighted by atomic mass is 9.93. The fourth-order valence-electron chi connectivity index (χ4n) is 14.6. The van der Waals surface area contributed by atoms with E-state index in [1.165, 1.54) is 52.3 Å². The van der Waals surface area contributed by atoms with Gasteiger partial charge in [0.1, 0.15) is 73.5 Å². The average Bonchev–Trinajstić information content (AvgIpc) is 1.64. The number of Topliss-reactive ketones (excluding diaryl/α,β-unsaturated/α-hetero) is 2. The molecule has 0 radical (unpaired) electrons. The van der Waals surface area contributed by atoms with E-state index in [4.69, 9.17) is 35.3 Å². The highest BCUT2D eigenvalue weighted by Gasteiger charge is 2.30. The van der Waals surface area contributed by atoms with Crippen LogP contribution in [0.2, 0.25) is 0 Å². The number of aryl methyl sites for hydroxylation is 4. The van der Waals surface area contributed by atoms with Gasteiger partial charge in [-0.1, -0.05) is 30.3 Å². The number of nitrogens with zero attached hydrogens (tertiary/aromatic N) is 16. The summed E-state index contributed by atoms with van der Waals surface area (Å²) in [5, 5.41) is 17.4. The summed E-state index contributed by atoms with van der Waals surface area (Å²) in [6.07, 6.45) is 21.0. The number of fused-ring (bicyclic) bond motifs is 6. The highest BCUT2D eigenvalue weighted by molar-refractivity contribution is 6.18. The molecule has 702 valence electrons. The molecule has 2 N–H and O–H groups in total. The lowest BCUT2D eigenvalue weighted by molar-refractivity contribution is -0.130. The third-order valence-electron chi connectivity index (χ3n) is 20.4. The van der Waals surface area contributed by atoms with Crippen LogP contribution in [0.5, 0.6) is 0 Å². The topological polar surface area (TPSA) is 353 Å². The maximum absolute atomic E-state index is 12.9. The predicted octanol–water partition coefficient (Wildman–Crippen LogP) is 20.5. The summed E-state index contributed by atoms with van der Waals surface area (Å²) in [6.45, 7) is 39.7. The molecule has 0 aliphatic rings. The number of H-pyrrole nitrogens is 2. The van der Waals surface area contributed by atoms with Crippen molar-refractivity contribution in [3.8, 4) is 0 Å². The van der Waals surface area contributed by atoms with Gasteiger partial charge in [-0.05, 0) is 298 Å². The molecule has 0 aliphatic heterocycles. The Bertz CT molecular complexity index is 6630. The molecule has 0 fully saturated rings. The molecule has 0 unspecified atom stereocenters. The van der Waals surface area contributed by atoms with Gasteiger partial charge in [-0.2, -0.15) is 10.2 Å². The largest absolute Gasteiger partial charge is 0.443 e. The predicted molar refractivity (Wildman–Crippen MR) is 517 cm³/mol. The quantitative estimate of drug-likeness (QED) is 0.0515. The Morgan fingerprint density at radius 2 is 0.744 bits per heavy atom. The van der Waals surface area contributed by atoms with Crippen molar-refractivity contribution in [2.75, 3.05) is 28.2 Å². The number of aromatic nitrogens is 16. The summed E-state index contributed by atoms with van der Waals surface area (Å²) in [7, 11) is 8.12. The zero-order chi connectivity index (χ0) is 97.5. The molecule has 32 heteroatoms. The van der Waals surface area contributed by atoms with Gasteiger partial charge in [0.2, 0.25) is 5.91 Å². The van der Waals surface area contributed by atoms with Crippen LogP contribution in [-0.2, 0) is 77.9 Å². The molecular weight excluding hydrogens is 1710 g/mol. The van der Waals surface area contributed by atoms with Crippen LogP contribution in [0.3, 0.4) is 0 Å². The molecule has 0 saturated heterocycles. The lowest BCUT2D eigenvalue weighted by Crippen LogP contribution is -2.27. The standard InChI is InChI=1S/C27H30N4O3.C18H22N4O2.C18H22N2O4.C15H21N3O2.C13H15ClN2O2.C10H13N3/c1-18-23(19(2)31(29-18)24(32)14-13-20-10-7-6-8-11-20)16-21-17-30(26(33)34-27(3,4)5)25-22(21)12-9-15-28-25;1-11-15(12(2)21-20-11)9-13-10-22(17(23)24-18(3,4)5)16-14(13)7-6-8-19-16;1-11(21)15(12(2)22)9-13-10-20(17(23)24-18(3,4)5)16-14(13)7-6-8-19-16;1-15(2,3)20-14(19)18-10-11(9-17(4)5)12-7-6-8-16-13(12)18;1-13(2,3)18-12(17)16-8-9(7-14)10-5-4-6-15-11(10)16;1-13(2)7-8-6-12-10-9(8)4-3-5-11-10/h6-12,15,17H,13-14,16H2,1-5H3;6-8,10H,9H2,1-5H3,(H,20,21);6-8,10,15H,9H2,1-5H3;6-8,10H,9H2,1-5H3;4-6,8H,7H2,1-3H3;3-6H,7H2,1-2H3,(H,11,12). The minimum atomic E-state index is -0.720. The lowest BCUT2D eigenvalue weighted by Gasteiger charge is -2.19. The van der Waals surface area contributed by atoms with Crippen LogP contribution < -0.4 is 0 Å². The van der Waals surface area contributed by atoms with Crippen LogP contribution in [0.1, 0.15) is 202 Å². The number of aromatic amines is 2. The number of rotatable bonds is 16. The molecule has 0 amide bonds. The van der Waals surface area contributed by atoms with E-state index in [-0.39, 0.29) is 23.9 Å². The molecule has 14 heterocycles. The Labute approximate surface area is 779 Å². The van der Waals surface area contributed by atoms with Crippen LogP contribution in [0.25, 0.3) is 66.2 Å². The van der Waals surface area contributed by atoms with E-state index >= 15 is 0 Å². The molecule has 14 aromatic heterocycles. The van der Waals surface area contributed by atoms with Gasteiger partial charge in [0, 0.05) is 167 Å². The van der Waals surface area contributed by atoms with E-state index in [1.807, 2.05) is 234 Å². The van der Waals surface area contributed by atoms with Gasteiger partial charge in [0.25, 0.3) is 0 Å². The van der Waals surface area contributed by atoms with E-state index < -0.39 is 64.4 Å². The smallest absolute Gasteiger partial charge is 0.420 e. The summed E-state index contributed by atoms with van der Waals surface area (Å²) in [6, 6.07) is 32.8. The maximum Gasteiger partial charge on any atom is 0.420 e. The first-order valence-corrected chi connectivity index (χ1v) is 44.3. The Hall–Kier alpha value is -13.7. The fraction of sp³-hybridized carbons (Fsp3) is 0.386. The molecule has 15 rings (SSSR count). The third-order valence-corrected chi connectivity index (χ3v) is 20.7. The van der Waals surface area contributed by atoms with Crippen molar-refractivity contribution in [1.29, 1.82) is 0 Å². The second kappa shape index (κ2) is 43.1. The van der Waals surface area contributed by atoms with Gasteiger partial charge >= 0.3 is 30.5 Å². The molecule has 0 atom stereocenters. The number of halogens is 1. The van der Waals surface area contributed by atoms with Crippen LogP contribution >= 0.6 is 11.6 Å². The second-order valence-corrected chi connectivity index (χ2v) is 38.2. The minimum Gasteiger partial charge on any atom is -0.443 e. The van der Waals surface area contributed by atoms with E-state index in [9.17, 15) is 38.4 Å². The number of alkyl halides is 1. The van der Waals surface area contributed by atoms with E-state index in [1.54, 1.807) is 82.6 Å². The normalized spacial score (nSPS) is 11.8. The van der Waals surface area contributed by atoms with E-state index in [0.717, 1.165) is 113 Å². The number of ether oxygens (including phenoxy) is 5. The summed E-state index contributed by atoms with van der Waals surface area (Å²) in [5.41, 5.74) is 13.7. The number of pyridine rings is 6. The van der Waals surface area contributed by atoms with Crippen LogP contribution in [0.4, 0.5) is 24.0 Å². The molecule has 0 spiro atoms. The van der Waals surface area contributed by atoms with Crippen molar-refractivity contribution in [3.05, 3.63) is 250 Å². The Morgan fingerprint density at radius 1 is 0.406 bits per heavy atom. The number of carbonyl (C=O) groups excluding carboxylic acids is 8. The van der Waals surface area contributed by atoms with Crippen molar-refractivity contribution in [2.24, 2.45) is 5.92 Å². The molecule has 1 aromatic carbocycles. The Morgan fingerprint density at radius 3 is 1.11 bits per heavy atom. The van der Waals surface area contributed by atoms with Gasteiger partial charge < -0.3 is 38.5 Å². The number of hydrogen-bond acceptors (Lipinski definition) is 23. The molecule has 0 bridgehead atoms.